The van der Waals surface area contributed by atoms with E-state index >= 15 is 0 Å². The van der Waals surface area contributed by atoms with E-state index < -0.39 is 0 Å². The molecule has 0 fully saturated rings. The topological polar surface area (TPSA) is 0 Å². The Morgan fingerprint density at radius 2 is 1.00 bits per heavy atom. The molecule has 0 N–H and O–H groups in total. The Morgan fingerprint density at radius 3 is 1.58 bits per heavy atom. The molecule has 4 aromatic rings. The number of hydrogen-bond acceptors (Lipinski definition) is 0. The summed E-state index contributed by atoms with van der Waals surface area (Å²) in [6.07, 6.45) is 0. The van der Waals surface area contributed by atoms with Crippen molar-refractivity contribution in [3.05, 3.63) is 71.8 Å². The highest BCUT2D eigenvalue weighted by Crippen LogP contribution is 2.33. The monoisotopic (exact) mass is 418 g/mol. The van der Waals surface area contributed by atoms with Gasteiger partial charge in [0.15, 0.2) is 0 Å². The molecule has 0 radical (unpaired) electrons. The lowest BCUT2D eigenvalue weighted by atomic mass is 9.82. The van der Waals surface area contributed by atoms with Gasteiger partial charge in [-0.2, -0.15) is 0 Å². The lowest BCUT2D eigenvalue weighted by Crippen LogP contribution is -2.12. The fourth-order valence-electron chi connectivity index (χ4n) is 3.73. The Balaban J connectivity index is 0.00000102. The van der Waals surface area contributed by atoms with Gasteiger partial charge in [0.25, 0.3) is 0 Å². The molecule has 31 heavy (non-hydrogen) atoms. The van der Waals surface area contributed by atoms with Crippen molar-refractivity contribution in [2.24, 2.45) is 0 Å². The van der Waals surface area contributed by atoms with Gasteiger partial charge in [-0.25, -0.2) is 0 Å². The first-order valence-corrected chi connectivity index (χ1v) is 12.3. The second-order valence-electron chi connectivity index (χ2n) is 7.62. The summed E-state index contributed by atoms with van der Waals surface area (Å²) in [7, 11) is 0. The maximum atomic E-state index is 2.37. The van der Waals surface area contributed by atoms with Crippen LogP contribution in [0, 0.1) is 6.92 Å². The van der Waals surface area contributed by atoms with Gasteiger partial charge in [-0.3, -0.25) is 0 Å². The summed E-state index contributed by atoms with van der Waals surface area (Å²) in [5.74, 6) is 0. The summed E-state index contributed by atoms with van der Waals surface area (Å²) in [5, 5.41) is 7.98. The van der Waals surface area contributed by atoms with Crippen molar-refractivity contribution < 1.29 is 0 Å². The van der Waals surface area contributed by atoms with Crippen LogP contribution >= 0.6 is 0 Å². The molecule has 0 nitrogen and oxygen atoms in total. The SMILES string of the molecule is CC.CC.CC.CC.Cc1cc2cc3c(ccc4ccccc43)cc2cc1C(C)(C)C. The highest BCUT2D eigenvalue weighted by atomic mass is 14.2. The van der Waals surface area contributed by atoms with Gasteiger partial charge in [-0.05, 0) is 67.9 Å². The normalized spacial score (nSPS) is 9.94. The van der Waals surface area contributed by atoms with Crippen LogP contribution in [0.5, 0.6) is 0 Å². The van der Waals surface area contributed by atoms with E-state index in [1.54, 1.807) is 0 Å². The Labute approximate surface area is 192 Å². The number of rotatable bonds is 0. The molecule has 0 aliphatic heterocycles. The van der Waals surface area contributed by atoms with Crippen molar-refractivity contribution in [3.8, 4) is 0 Å². The van der Waals surface area contributed by atoms with Crippen LogP contribution in [0.25, 0.3) is 32.3 Å². The third-order valence-corrected chi connectivity index (χ3v) is 4.85. The fourth-order valence-corrected chi connectivity index (χ4v) is 3.73. The van der Waals surface area contributed by atoms with Crippen molar-refractivity contribution >= 4 is 32.3 Å². The van der Waals surface area contributed by atoms with Crippen molar-refractivity contribution in [2.45, 2.75) is 88.5 Å². The molecule has 0 heterocycles. The minimum Gasteiger partial charge on any atom is -0.0683 e. The lowest BCUT2D eigenvalue weighted by molar-refractivity contribution is 0.587. The minimum atomic E-state index is 0.177. The Kier molecular flexibility index (Phi) is 12.8. The molecule has 0 amide bonds. The van der Waals surface area contributed by atoms with Crippen LogP contribution in [0.1, 0.15) is 87.3 Å². The van der Waals surface area contributed by atoms with Gasteiger partial charge in [0, 0.05) is 0 Å². The summed E-state index contributed by atoms with van der Waals surface area (Å²) >= 11 is 0. The van der Waals surface area contributed by atoms with Crippen molar-refractivity contribution in [1.29, 1.82) is 0 Å². The molecule has 0 aliphatic carbocycles. The van der Waals surface area contributed by atoms with E-state index in [1.165, 1.54) is 43.4 Å². The van der Waals surface area contributed by atoms with Gasteiger partial charge in [0.1, 0.15) is 0 Å². The molecule has 4 aromatic carbocycles. The molecule has 0 heteroatoms. The van der Waals surface area contributed by atoms with Crippen LogP contribution in [0.3, 0.4) is 0 Å². The summed E-state index contributed by atoms with van der Waals surface area (Å²) in [6, 6.07) is 22.5. The predicted octanol–water partition coefficient (Wildman–Crippen LogP) is 10.9. The van der Waals surface area contributed by atoms with E-state index in [-0.39, 0.29) is 5.41 Å². The van der Waals surface area contributed by atoms with Crippen molar-refractivity contribution in [1.82, 2.24) is 0 Å². The third-order valence-electron chi connectivity index (χ3n) is 4.85. The quantitative estimate of drug-likeness (QED) is 0.197. The number of aryl methyl sites for hydroxylation is 1. The van der Waals surface area contributed by atoms with Crippen LogP contribution in [0.15, 0.2) is 60.7 Å². The Hall–Kier alpha value is -2.34. The van der Waals surface area contributed by atoms with E-state index in [4.69, 9.17) is 0 Å². The zero-order valence-electron chi connectivity index (χ0n) is 22.3. The molecule has 0 atom stereocenters. The number of fused-ring (bicyclic) bond motifs is 4. The van der Waals surface area contributed by atoms with E-state index in [9.17, 15) is 0 Å². The van der Waals surface area contributed by atoms with Crippen LogP contribution in [-0.2, 0) is 5.41 Å². The molecule has 0 saturated heterocycles. The lowest BCUT2D eigenvalue weighted by Gasteiger charge is -2.22. The van der Waals surface area contributed by atoms with E-state index in [2.05, 4.69) is 88.4 Å². The maximum absolute atomic E-state index is 2.37. The molecular weight excluding hydrogens is 372 g/mol. The molecule has 170 valence electrons. The highest BCUT2D eigenvalue weighted by Gasteiger charge is 2.17. The number of benzene rings is 4. The molecule has 0 spiro atoms. The predicted molar refractivity (Wildman–Crippen MR) is 148 cm³/mol. The summed E-state index contributed by atoms with van der Waals surface area (Å²) in [4.78, 5) is 0. The summed E-state index contributed by atoms with van der Waals surface area (Å²) in [6.45, 7) is 25.1. The first-order valence-electron chi connectivity index (χ1n) is 12.3. The Morgan fingerprint density at radius 1 is 0.484 bits per heavy atom. The molecular formula is C31H46. The van der Waals surface area contributed by atoms with Crippen molar-refractivity contribution in [3.63, 3.8) is 0 Å². The highest BCUT2D eigenvalue weighted by molar-refractivity contribution is 6.12. The van der Waals surface area contributed by atoms with Crippen LogP contribution in [-0.4, -0.2) is 0 Å². The number of hydrogen-bond donors (Lipinski definition) is 0. The standard InChI is InChI=1S/C23H22.4C2H6/c1-15-11-18-13-21-17(10-9-16-7-5-6-8-20(16)21)12-19(18)14-22(15)23(2,3)4;4*1-2/h5-14H,1-4H3;4*1-2H3. The van der Waals surface area contributed by atoms with Crippen LogP contribution in [0.4, 0.5) is 0 Å². The van der Waals surface area contributed by atoms with Gasteiger partial charge in [-0.1, -0.05) is 125 Å². The van der Waals surface area contributed by atoms with E-state index in [0.717, 1.165) is 0 Å². The first-order chi connectivity index (χ1) is 14.9. The fraction of sp³-hybridized carbons (Fsp3) is 0.419. The van der Waals surface area contributed by atoms with Gasteiger partial charge in [0.2, 0.25) is 0 Å². The molecule has 0 bridgehead atoms. The molecule has 0 aliphatic rings. The smallest absolute Gasteiger partial charge is 0.00990 e. The zero-order valence-corrected chi connectivity index (χ0v) is 22.3. The zero-order chi connectivity index (χ0) is 24.2. The molecule has 0 unspecified atom stereocenters. The van der Waals surface area contributed by atoms with Crippen molar-refractivity contribution in [2.75, 3.05) is 0 Å². The maximum Gasteiger partial charge on any atom is -0.00990 e. The van der Waals surface area contributed by atoms with Crippen LogP contribution in [0.2, 0.25) is 0 Å². The van der Waals surface area contributed by atoms with Gasteiger partial charge in [0.05, 0.1) is 0 Å². The molecule has 4 rings (SSSR count). The Bertz CT molecular complexity index is 1050. The minimum absolute atomic E-state index is 0.177. The summed E-state index contributed by atoms with van der Waals surface area (Å²) < 4.78 is 0. The second kappa shape index (κ2) is 13.9. The van der Waals surface area contributed by atoms with Gasteiger partial charge in [-0.15, -0.1) is 0 Å². The second-order valence-corrected chi connectivity index (χ2v) is 7.62. The summed E-state index contributed by atoms with van der Waals surface area (Å²) in [5.41, 5.74) is 2.99. The average Bonchev–Trinajstić information content (AvgIpc) is 2.82. The first kappa shape index (κ1) is 28.7. The average molecular weight is 419 g/mol. The van der Waals surface area contributed by atoms with E-state index in [0.29, 0.717) is 0 Å². The van der Waals surface area contributed by atoms with Gasteiger partial charge < -0.3 is 0 Å². The van der Waals surface area contributed by atoms with E-state index in [1.807, 2.05) is 55.4 Å². The largest absolute Gasteiger partial charge is 0.0683 e. The third kappa shape index (κ3) is 6.82. The molecule has 0 saturated carbocycles. The van der Waals surface area contributed by atoms with Crippen LogP contribution < -0.4 is 0 Å². The molecule has 0 aromatic heterocycles. The van der Waals surface area contributed by atoms with Gasteiger partial charge >= 0.3 is 0 Å².